The zero-order chi connectivity index (χ0) is 14.8. The summed E-state index contributed by atoms with van der Waals surface area (Å²) in [5, 5.41) is 8.81. The molecule has 2 N–H and O–H groups in total. The number of imidazole rings is 1. The van der Waals surface area contributed by atoms with Gasteiger partial charge in [0, 0.05) is 0 Å². The van der Waals surface area contributed by atoms with Crippen molar-refractivity contribution in [1.82, 2.24) is 9.97 Å². The number of carbonyl (C=O) groups is 1. The molecule has 1 aromatic carbocycles. The molecule has 0 saturated carbocycles. The van der Waals surface area contributed by atoms with Crippen LogP contribution in [-0.2, 0) is 12.8 Å². The Morgan fingerprint density at radius 2 is 1.95 bits per heavy atom. The predicted octanol–water partition coefficient (Wildman–Crippen LogP) is 2.71. The Labute approximate surface area is 111 Å². The van der Waals surface area contributed by atoms with E-state index in [0.717, 1.165) is 12.1 Å². The van der Waals surface area contributed by atoms with E-state index in [1.165, 1.54) is 18.5 Å². The van der Waals surface area contributed by atoms with Crippen LogP contribution in [0.15, 0.2) is 30.6 Å². The van der Waals surface area contributed by atoms with Gasteiger partial charge in [0.2, 0.25) is 0 Å². The number of nitrogens with one attached hydrogen (secondary N) is 1. The van der Waals surface area contributed by atoms with Crippen molar-refractivity contribution in [2.24, 2.45) is 0 Å². The molecule has 8 heteroatoms. The second-order valence-corrected chi connectivity index (χ2v) is 3.85. The summed E-state index contributed by atoms with van der Waals surface area (Å²) in [6.07, 6.45) is -3.20. The smallest absolute Gasteiger partial charge is 0.416 e. The van der Waals surface area contributed by atoms with Crippen LogP contribution in [0.4, 0.5) is 13.2 Å². The number of aromatic carboxylic acids is 1. The second kappa shape index (κ2) is 5.24. The SMILES string of the molecule is O=C(O)c1nc[nH]c1COc1ccc(C(F)(F)F)cc1. The van der Waals surface area contributed by atoms with Gasteiger partial charge < -0.3 is 14.8 Å². The molecule has 0 radical (unpaired) electrons. The first kappa shape index (κ1) is 13.9. The molecular weight excluding hydrogens is 277 g/mol. The van der Waals surface area contributed by atoms with E-state index in [1.807, 2.05) is 0 Å². The highest BCUT2D eigenvalue weighted by atomic mass is 19.4. The van der Waals surface area contributed by atoms with E-state index in [-0.39, 0.29) is 23.7 Å². The fraction of sp³-hybridized carbons (Fsp3) is 0.167. The van der Waals surface area contributed by atoms with Gasteiger partial charge in [0.1, 0.15) is 12.4 Å². The van der Waals surface area contributed by atoms with Crippen LogP contribution in [-0.4, -0.2) is 21.0 Å². The largest absolute Gasteiger partial charge is 0.487 e. The Bertz CT molecular complexity index is 605. The van der Waals surface area contributed by atoms with Crippen molar-refractivity contribution in [3.63, 3.8) is 0 Å². The molecule has 5 nitrogen and oxygen atoms in total. The number of aromatic amines is 1. The molecule has 0 spiro atoms. The molecule has 0 aliphatic rings. The maximum atomic E-state index is 12.4. The lowest BCUT2D eigenvalue weighted by Crippen LogP contribution is -2.06. The highest BCUT2D eigenvalue weighted by molar-refractivity contribution is 5.86. The van der Waals surface area contributed by atoms with Gasteiger partial charge in [0.25, 0.3) is 0 Å². The molecule has 0 aliphatic carbocycles. The lowest BCUT2D eigenvalue weighted by molar-refractivity contribution is -0.137. The molecule has 0 amide bonds. The number of halogens is 3. The Balaban J connectivity index is 2.04. The van der Waals surface area contributed by atoms with Gasteiger partial charge in [-0.2, -0.15) is 13.2 Å². The van der Waals surface area contributed by atoms with Crippen molar-refractivity contribution in [2.75, 3.05) is 0 Å². The zero-order valence-electron chi connectivity index (χ0n) is 9.94. The number of rotatable bonds is 4. The van der Waals surface area contributed by atoms with Crippen LogP contribution in [0, 0.1) is 0 Å². The molecule has 0 aliphatic heterocycles. The van der Waals surface area contributed by atoms with Crippen molar-refractivity contribution in [2.45, 2.75) is 12.8 Å². The number of carboxylic acids is 1. The highest BCUT2D eigenvalue weighted by Gasteiger charge is 2.30. The van der Waals surface area contributed by atoms with Crippen LogP contribution in [0.1, 0.15) is 21.7 Å². The quantitative estimate of drug-likeness (QED) is 0.906. The van der Waals surface area contributed by atoms with Gasteiger partial charge in [-0.3, -0.25) is 0 Å². The third-order valence-corrected chi connectivity index (χ3v) is 2.49. The summed E-state index contributed by atoms with van der Waals surface area (Å²) in [6, 6.07) is 4.11. The molecule has 0 atom stereocenters. The minimum absolute atomic E-state index is 0.132. The summed E-state index contributed by atoms with van der Waals surface area (Å²) in [6.45, 7) is -0.132. The first-order valence-corrected chi connectivity index (χ1v) is 5.43. The highest BCUT2D eigenvalue weighted by Crippen LogP contribution is 2.30. The molecule has 0 fully saturated rings. The summed E-state index contributed by atoms with van der Waals surface area (Å²) >= 11 is 0. The minimum Gasteiger partial charge on any atom is -0.487 e. The van der Waals surface area contributed by atoms with Crippen molar-refractivity contribution in [3.8, 4) is 5.75 Å². The Kier molecular flexibility index (Phi) is 3.64. The summed E-state index contributed by atoms with van der Waals surface area (Å²) in [7, 11) is 0. The van der Waals surface area contributed by atoms with E-state index >= 15 is 0 Å². The molecule has 0 bridgehead atoms. The summed E-state index contributed by atoms with van der Waals surface area (Å²) in [5.74, 6) is -1.01. The van der Waals surface area contributed by atoms with Gasteiger partial charge in [-0.1, -0.05) is 0 Å². The maximum Gasteiger partial charge on any atom is 0.416 e. The Morgan fingerprint density at radius 1 is 1.30 bits per heavy atom. The normalized spacial score (nSPS) is 11.3. The first-order valence-electron chi connectivity index (χ1n) is 5.43. The fourth-order valence-electron chi connectivity index (χ4n) is 1.51. The molecule has 2 rings (SSSR count). The van der Waals surface area contributed by atoms with Gasteiger partial charge in [-0.15, -0.1) is 0 Å². The lowest BCUT2D eigenvalue weighted by atomic mass is 10.2. The second-order valence-electron chi connectivity index (χ2n) is 3.85. The molecule has 1 heterocycles. The number of alkyl halides is 3. The standard InChI is InChI=1S/C12H9F3N2O3/c13-12(14,15)7-1-3-8(4-2-7)20-5-9-10(11(18)19)17-6-16-9/h1-4,6H,5H2,(H,16,17)(H,18,19). The molecule has 20 heavy (non-hydrogen) atoms. The Morgan fingerprint density at radius 3 is 2.50 bits per heavy atom. The van der Waals surface area contributed by atoms with Crippen molar-refractivity contribution in [1.29, 1.82) is 0 Å². The number of hydrogen-bond donors (Lipinski definition) is 2. The fourth-order valence-corrected chi connectivity index (χ4v) is 1.51. The molecule has 0 saturated heterocycles. The van der Waals surface area contributed by atoms with Crippen LogP contribution >= 0.6 is 0 Å². The molecular formula is C12H9F3N2O3. The average Bonchev–Trinajstić information content (AvgIpc) is 2.84. The third-order valence-electron chi connectivity index (χ3n) is 2.49. The number of benzene rings is 1. The van der Waals surface area contributed by atoms with Crippen LogP contribution < -0.4 is 4.74 Å². The van der Waals surface area contributed by atoms with Crippen molar-refractivity contribution >= 4 is 5.97 Å². The first-order chi connectivity index (χ1) is 9.38. The topological polar surface area (TPSA) is 75.2 Å². The number of carboxylic acid groups (broad SMARTS) is 1. The number of aromatic nitrogens is 2. The molecule has 2 aromatic rings. The van der Waals surface area contributed by atoms with Crippen molar-refractivity contribution in [3.05, 3.63) is 47.5 Å². The van der Waals surface area contributed by atoms with Gasteiger partial charge in [0.15, 0.2) is 5.69 Å². The summed E-state index contributed by atoms with van der Waals surface area (Å²) < 4.78 is 42.3. The van der Waals surface area contributed by atoms with Gasteiger partial charge in [0.05, 0.1) is 17.6 Å². The minimum atomic E-state index is -4.40. The van der Waals surface area contributed by atoms with Crippen molar-refractivity contribution < 1.29 is 27.8 Å². The number of nitrogens with zero attached hydrogens (tertiary/aromatic N) is 1. The van der Waals surface area contributed by atoms with E-state index in [4.69, 9.17) is 9.84 Å². The molecule has 106 valence electrons. The van der Waals surface area contributed by atoms with Crippen LogP contribution in [0.25, 0.3) is 0 Å². The molecule has 1 aromatic heterocycles. The lowest BCUT2D eigenvalue weighted by Gasteiger charge is -2.08. The van der Waals surface area contributed by atoms with E-state index in [2.05, 4.69) is 9.97 Å². The van der Waals surface area contributed by atoms with Gasteiger partial charge >= 0.3 is 12.1 Å². The number of hydrogen-bond acceptors (Lipinski definition) is 3. The van der Waals surface area contributed by atoms with E-state index in [9.17, 15) is 18.0 Å². The maximum absolute atomic E-state index is 12.4. The summed E-state index contributed by atoms with van der Waals surface area (Å²) in [4.78, 5) is 17.0. The van der Waals surface area contributed by atoms with Crippen LogP contribution in [0.2, 0.25) is 0 Å². The summed E-state index contributed by atoms with van der Waals surface area (Å²) in [5.41, 5.74) is -0.730. The third kappa shape index (κ3) is 3.08. The molecule has 0 unspecified atom stereocenters. The van der Waals surface area contributed by atoms with Gasteiger partial charge in [-0.05, 0) is 24.3 Å². The Hall–Kier alpha value is -2.51. The van der Waals surface area contributed by atoms with E-state index < -0.39 is 17.7 Å². The average molecular weight is 286 g/mol. The van der Waals surface area contributed by atoms with E-state index in [1.54, 1.807) is 0 Å². The predicted molar refractivity (Wildman–Crippen MR) is 61.3 cm³/mol. The van der Waals surface area contributed by atoms with Crippen LogP contribution in [0.5, 0.6) is 5.75 Å². The monoisotopic (exact) mass is 286 g/mol. The number of H-pyrrole nitrogens is 1. The zero-order valence-corrected chi connectivity index (χ0v) is 9.94. The number of ether oxygens (including phenoxy) is 1. The van der Waals surface area contributed by atoms with Gasteiger partial charge in [-0.25, -0.2) is 9.78 Å². The van der Waals surface area contributed by atoms with E-state index in [0.29, 0.717) is 0 Å². The van der Waals surface area contributed by atoms with Crippen LogP contribution in [0.3, 0.4) is 0 Å².